The third kappa shape index (κ3) is 2.95. The fourth-order valence-corrected chi connectivity index (χ4v) is 1.63. The van der Waals surface area contributed by atoms with Crippen molar-refractivity contribution in [3.8, 4) is 11.5 Å². The van der Waals surface area contributed by atoms with Crippen molar-refractivity contribution in [1.82, 2.24) is 5.32 Å². The van der Waals surface area contributed by atoms with Crippen molar-refractivity contribution < 1.29 is 19.4 Å². The van der Waals surface area contributed by atoms with Crippen LogP contribution in [0.2, 0.25) is 0 Å². The highest BCUT2D eigenvalue weighted by Crippen LogP contribution is 2.35. The van der Waals surface area contributed by atoms with E-state index >= 15 is 0 Å². The van der Waals surface area contributed by atoms with Gasteiger partial charge in [-0.2, -0.15) is 0 Å². The number of hydrogen-bond acceptors (Lipinski definition) is 5. The summed E-state index contributed by atoms with van der Waals surface area (Å²) in [5.74, 6) is 0.878. The van der Waals surface area contributed by atoms with Crippen LogP contribution in [0, 0.1) is 0 Å². The zero-order valence-corrected chi connectivity index (χ0v) is 10.2. The molecular formula is C12H17NO4. The molecule has 2 N–H and O–H groups in total. The first-order valence-corrected chi connectivity index (χ1v) is 5.21. The maximum Gasteiger partial charge on any atom is 0.166 e. The number of aldehydes is 1. The third-order valence-electron chi connectivity index (χ3n) is 2.42. The number of likely N-dealkylation sites (N-methyl/N-ethyl adjacent to an activating group) is 1. The lowest BCUT2D eigenvalue weighted by Gasteiger charge is -2.17. The summed E-state index contributed by atoms with van der Waals surface area (Å²) in [6.07, 6.45) is -0.0545. The summed E-state index contributed by atoms with van der Waals surface area (Å²) in [4.78, 5) is 10.8. The van der Waals surface area contributed by atoms with Gasteiger partial charge in [0.25, 0.3) is 0 Å². The normalized spacial score (nSPS) is 12.0. The average molecular weight is 239 g/mol. The van der Waals surface area contributed by atoms with E-state index in [-0.39, 0.29) is 0 Å². The number of rotatable bonds is 6. The van der Waals surface area contributed by atoms with E-state index in [1.165, 1.54) is 14.2 Å². The lowest BCUT2D eigenvalue weighted by molar-refractivity contribution is 0.112. The van der Waals surface area contributed by atoms with Crippen molar-refractivity contribution in [2.24, 2.45) is 0 Å². The van der Waals surface area contributed by atoms with Gasteiger partial charge in [0.05, 0.1) is 20.3 Å². The Kier molecular flexibility index (Phi) is 4.93. The molecule has 17 heavy (non-hydrogen) atoms. The number of benzene rings is 1. The Labute approximate surface area is 100 Å². The molecule has 0 fully saturated rings. The van der Waals surface area contributed by atoms with Crippen LogP contribution in [0.15, 0.2) is 12.1 Å². The predicted octanol–water partition coefficient (Wildman–Crippen LogP) is 0.769. The molecule has 1 unspecified atom stereocenters. The molecule has 0 aliphatic heterocycles. The second kappa shape index (κ2) is 6.22. The maximum atomic E-state index is 10.8. The molecule has 0 heterocycles. The number of ether oxygens (including phenoxy) is 2. The van der Waals surface area contributed by atoms with Crippen molar-refractivity contribution >= 4 is 6.29 Å². The van der Waals surface area contributed by atoms with Gasteiger partial charge in [0.15, 0.2) is 11.5 Å². The van der Waals surface area contributed by atoms with Crippen LogP contribution >= 0.6 is 0 Å². The second-order valence-corrected chi connectivity index (χ2v) is 3.54. The summed E-state index contributed by atoms with van der Waals surface area (Å²) >= 11 is 0. The molecule has 0 saturated carbocycles. The lowest BCUT2D eigenvalue weighted by atomic mass is 10.0. The van der Waals surface area contributed by atoms with Crippen molar-refractivity contribution in [1.29, 1.82) is 0 Å². The van der Waals surface area contributed by atoms with Crippen LogP contribution in [0.3, 0.4) is 0 Å². The molecule has 5 nitrogen and oxygen atoms in total. The molecular weight excluding hydrogens is 222 g/mol. The minimum atomic E-state index is -0.760. The van der Waals surface area contributed by atoms with Crippen LogP contribution in [-0.4, -0.2) is 39.2 Å². The monoisotopic (exact) mass is 239 g/mol. The van der Waals surface area contributed by atoms with E-state index in [4.69, 9.17) is 9.47 Å². The van der Waals surface area contributed by atoms with E-state index in [1.807, 2.05) is 0 Å². The van der Waals surface area contributed by atoms with Crippen LogP contribution < -0.4 is 14.8 Å². The first-order valence-electron chi connectivity index (χ1n) is 5.21. The number of aliphatic hydroxyl groups excluding tert-OH is 1. The van der Waals surface area contributed by atoms with Gasteiger partial charge < -0.3 is 19.9 Å². The summed E-state index contributed by atoms with van der Waals surface area (Å²) in [6.45, 7) is 0.363. The Morgan fingerprint density at radius 2 is 2.12 bits per heavy atom. The van der Waals surface area contributed by atoms with Crippen LogP contribution in [0.5, 0.6) is 11.5 Å². The molecule has 5 heteroatoms. The van der Waals surface area contributed by atoms with Gasteiger partial charge in [-0.25, -0.2) is 0 Å². The number of hydrogen-bond donors (Lipinski definition) is 2. The molecule has 0 aliphatic carbocycles. The highest BCUT2D eigenvalue weighted by atomic mass is 16.5. The van der Waals surface area contributed by atoms with Crippen LogP contribution in [0.25, 0.3) is 0 Å². The Hall–Kier alpha value is -1.59. The van der Waals surface area contributed by atoms with Crippen molar-refractivity contribution in [2.45, 2.75) is 6.10 Å². The summed E-state index contributed by atoms with van der Waals surface area (Å²) in [6, 6.07) is 3.16. The quantitative estimate of drug-likeness (QED) is 0.718. The molecule has 0 radical (unpaired) electrons. The first kappa shape index (κ1) is 13.5. The topological polar surface area (TPSA) is 67.8 Å². The maximum absolute atomic E-state index is 10.8. The summed E-state index contributed by atoms with van der Waals surface area (Å²) < 4.78 is 10.3. The molecule has 0 bridgehead atoms. The number of nitrogens with one attached hydrogen (secondary N) is 1. The highest BCUT2D eigenvalue weighted by Gasteiger charge is 2.18. The van der Waals surface area contributed by atoms with E-state index in [0.717, 1.165) is 0 Å². The lowest BCUT2D eigenvalue weighted by Crippen LogP contribution is -2.17. The molecule has 0 spiro atoms. The largest absolute Gasteiger partial charge is 0.493 e. The second-order valence-electron chi connectivity index (χ2n) is 3.54. The number of methoxy groups -OCH3 is 2. The van der Waals surface area contributed by atoms with E-state index in [2.05, 4.69) is 5.32 Å². The fourth-order valence-electron chi connectivity index (χ4n) is 1.63. The van der Waals surface area contributed by atoms with Gasteiger partial charge in [0.1, 0.15) is 6.29 Å². The summed E-state index contributed by atoms with van der Waals surface area (Å²) in [7, 11) is 4.71. The SMILES string of the molecule is CNCC(O)c1cc(C=O)cc(OC)c1OC. The predicted molar refractivity (Wildman–Crippen MR) is 63.8 cm³/mol. The van der Waals surface area contributed by atoms with E-state index in [0.29, 0.717) is 35.5 Å². The summed E-state index contributed by atoms with van der Waals surface area (Å²) in [5.41, 5.74) is 0.969. The Morgan fingerprint density at radius 3 is 2.59 bits per heavy atom. The number of carbonyl (C=O) groups is 1. The molecule has 1 atom stereocenters. The average Bonchev–Trinajstić information content (AvgIpc) is 2.37. The van der Waals surface area contributed by atoms with Crippen LogP contribution in [0.1, 0.15) is 22.0 Å². The van der Waals surface area contributed by atoms with Gasteiger partial charge in [-0.1, -0.05) is 0 Å². The minimum absolute atomic E-state index is 0.363. The van der Waals surface area contributed by atoms with Crippen molar-refractivity contribution in [3.63, 3.8) is 0 Å². The molecule has 1 aromatic rings. The minimum Gasteiger partial charge on any atom is -0.493 e. The Morgan fingerprint density at radius 1 is 1.41 bits per heavy atom. The van der Waals surface area contributed by atoms with Gasteiger partial charge in [0, 0.05) is 17.7 Å². The standard InChI is InChI=1S/C12H17NO4/c1-13-6-10(15)9-4-8(7-14)5-11(16-2)12(9)17-3/h4-5,7,10,13,15H,6H2,1-3H3. The van der Waals surface area contributed by atoms with Gasteiger partial charge >= 0.3 is 0 Å². The Balaban J connectivity index is 3.28. The first-order chi connectivity index (χ1) is 8.17. The fraction of sp³-hybridized carbons (Fsp3) is 0.417. The van der Waals surface area contributed by atoms with E-state index in [9.17, 15) is 9.90 Å². The molecule has 0 aliphatic rings. The molecule has 0 amide bonds. The molecule has 1 rings (SSSR count). The van der Waals surface area contributed by atoms with E-state index < -0.39 is 6.10 Å². The highest BCUT2D eigenvalue weighted by molar-refractivity contribution is 5.77. The molecule has 1 aromatic carbocycles. The van der Waals surface area contributed by atoms with Crippen LogP contribution in [-0.2, 0) is 0 Å². The van der Waals surface area contributed by atoms with Gasteiger partial charge in [-0.3, -0.25) is 4.79 Å². The van der Waals surface area contributed by atoms with Gasteiger partial charge in [-0.15, -0.1) is 0 Å². The van der Waals surface area contributed by atoms with Gasteiger partial charge in [0.2, 0.25) is 0 Å². The molecule has 0 aromatic heterocycles. The number of aliphatic hydroxyl groups is 1. The zero-order valence-electron chi connectivity index (χ0n) is 10.2. The smallest absolute Gasteiger partial charge is 0.166 e. The van der Waals surface area contributed by atoms with E-state index in [1.54, 1.807) is 19.2 Å². The van der Waals surface area contributed by atoms with Gasteiger partial charge in [-0.05, 0) is 19.2 Å². The molecule has 0 saturated heterocycles. The number of carbonyl (C=O) groups excluding carboxylic acids is 1. The van der Waals surface area contributed by atoms with Crippen molar-refractivity contribution in [2.75, 3.05) is 27.8 Å². The zero-order chi connectivity index (χ0) is 12.8. The van der Waals surface area contributed by atoms with Crippen LogP contribution in [0.4, 0.5) is 0 Å². The van der Waals surface area contributed by atoms with Crippen molar-refractivity contribution in [3.05, 3.63) is 23.3 Å². The third-order valence-corrected chi connectivity index (χ3v) is 2.42. The summed E-state index contributed by atoms with van der Waals surface area (Å²) in [5, 5.41) is 12.8. The molecule has 94 valence electrons. The Bertz CT molecular complexity index is 392.